The van der Waals surface area contributed by atoms with Crippen molar-refractivity contribution in [3.63, 3.8) is 0 Å². The fraction of sp³-hybridized carbons (Fsp3) is 0.300. The first-order chi connectivity index (χ1) is 6.31. The molecule has 3 nitrogen and oxygen atoms in total. The van der Waals surface area contributed by atoms with Gasteiger partial charge in [-0.15, -0.1) is 0 Å². The zero-order valence-corrected chi connectivity index (χ0v) is 7.32. The topological polar surface area (TPSA) is 35.5 Å². The van der Waals surface area contributed by atoms with Crippen LogP contribution >= 0.6 is 0 Å². The number of hydrogen-bond donors (Lipinski definition) is 0. The van der Waals surface area contributed by atoms with Crippen LogP contribution in [-0.4, -0.2) is 13.1 Å². The number of fused-ring (bicyclic) bond motifs is 1. The Morgan fingerprint density at radius 1 is 1.46 bits per heavy atom. The predicted octanol–water partition coefficient (Wildman–Crippen LogP) is 1.68. The summed E-state index contributed by atoms with van der Waals surface area (Å²) in [5.74, 6) is 0.385. The molecule has 1 aliphatic heterocycles. The highest BCUT2D eigenvalue weighted by Crippen LogP contribution is 2.33. The summed E-state index contributed by atoms with van der Waals surface area (Å²) < 4.78 is 10.2. The van der Waals surface area contributed by atoms with E-state index in [0.717, 1.165) is 5.56 Å². The second kappa shape index (κ2) is 3.18. The van der Waals surface area contributed by atoms with Crippen LogP contribution in [0.25, 0.3) is 0 Å². The highest BCUT2D eigenvalue weighted by Gasteiger charge is 2.26. The molecule has 0 saturated heterocycles. The third-order valence-corrected chi connectivity index (χ3v) is 2.13. The largest absolute Gasteiger partial charge is 0.426 e. The number of para-hydroxylation sites is 1. The van der Waals surface area contributed by atoms with Crippen LogP contribution in [0.2, 0.25) is 0 Å². The van der Waals surface area contributed by atoms with Gasteiger partial charge in [0.25, 0.3) is 0 Å². The molecule has 2 rings (SSSR count). The van der Waals surface area contributed by atoms with Crippen molar-refractivity contribution in [2.24, 2.45) is 0 Å². The van der Waals surface area contributed by atoms with Gasteiger partial charge < -0.3 is 9.47 Å². The molecule has 0 spiro atoms. The zero-order valence-electron chi connectivity index (χ0n) is 7.32. The molecular formula is C10H10O3. The number of benzene rings is 1. The summed E-state index contributed by atoms with van der Waals surface area (Å²) in [6.45, 7) is 0. The minimum Gasteiger partial charge on any atom is -0.426 e. The fourth-order valence-electron chi connectivity index (χ4n) is 1.48. The molecule has 0 N–H and O–H groups in total. The van der Waals surface area contributed by atoms with Crippen LogP contribution in [-0.2, 0) is 9.53 Å². The molecule has 1 aromatic carbocycles. The molecule has 0 fully saturated rings. The summed E-state index contributed by atoms with van der Waals surface area (Å²) in [7, 11) is 1.60. The van der Waals surface area contributed by atoms with Gasteiger partial charge in [0.05, 0.1) is 12.5 Å². The molecule has 1 heterocycles. The maximum absolute atomic E-state index is 11.1. The summed E-state index contributed by atoms with van der Waals surface area (Å²) in [6.07, 6.45) is 0.144. The first kappa shape index (κ1) is 8.26. The molecule has 0 aliphatic carbocycles. The van der Waals surface area contributed by atoms with Crippen molar-refractivity contribution < 1.29 is 14.3 Å². The number of carbonyl (C=O) groups is 1. The minimum atomic E-state index is -0.231. The third kappa shape index (κ3) is 1.42. The summed E-state index contributed by atoms with van der Waals surface area (Å²) >= 11 is 0. The first-order valence-corrected chi connectivity index (χ1v) is 4.13. The van der Waals surface area contributed by atoms with E-state index in [1.165, 1.54) is 0 Å². The van der Waals surface area contributed by atoms with E-state index in [4.69, 9.17) is 9.47 Å². The molecule has 0 radical (unpaired) electrons. The van der Waals surface area contributed by atoms with Crippen LogP contribution in [0.1, 0.15) is 18.1 Å². The standard InChI is InChI=1S/C10H10O3/c1-12-9-6-10(11)13-8-5-3-2-4-7(8)9/h2-5,9H,6H2,1H3. The Morgan fingerprint density at radius 3 is 3.00 bits per heavy atom. The van der Waals surface area contributed by atoms with Crippen molar-refractivity contribution in [1.82, 2.24) is 0 Å². The fourth-order valence-corrected chi connectivity index (χ4v) is 1.48. The van der Waals surface area contributed by atoms with Crippen molar-refractivity contribution in [3.05, 3.63) is 29.8 Å². The molecule has 1 aliphatic rings. The number of carbonyl (C=O) groups excluding carboxylic acids is 1. The van der Waals surface area contributed by atoms with E-state index in [-0.39, 0.29) is 12.1 Å². The van der Waals surface area contributed by atoms with Gasteiger partial charge in [0, 0.05) is 12.7 Å². The molecule has 0 saturated carbocycles. The Kier molecular flexibility index (Phi) is 2.02. The van der Waals surface area contributed by atoms with Crippen LogP contribution in [0.15, 0.2) is 24.3 Å². The SMILES string of the molecule is COC1CC(=O)Oc2ccccc21. The highest BCUT2D eigenvalue weighted by atomic mass is 16.5. The van der Waals surface area contributed by atoms with Gasteiger partial charge in [-0.3, -0.25) is 4.79 Å². The lowest BCUT2D eigenvalue weighted by molar-refractivity contribution is -0.139. The first-order valence-electron chi connectivity index (χ1n) is 4.13. The number of ether oxygens (including phenoxy) is 2. The number of hydrogen-bond acceptors (Lipinski definition) is 3. The maximum atomic E-state index is 11.1. The number of esters is 1. The van der Waals surface area contributed by atoms with Gasteiger partial charge in [0.15, 0.2) is 0 Å². The lowest BCUT2D eigenvalue weighted by atomic mass is 10.0. The van der Waals surface area contributed by atoms with Gasteiger partial charge in [0.2, 0.25) is 0 Å². The van der Waals surface area contributed by atoms with Crippen molar-refractivity contribution in [2.45, 2.75) is 12.5 Å². The number of methoxy groups -OCH3 is 1. The molecule has 13 heavy (non-hydrogen) atoms. The molecule has 1 atom stereocenters. The lowest BCUT2D eigenvalue weighted by Crippen LogP contribution is -2.20. The van der Waals surface area contributed by atoms with E-state index < -0.39 is 0 Å². The Hall–Kier alpha value is -1.35. The molecule has 0 bridgehead atoms. The van der Waals surface area contributed by atoms with E-state index in [2.05, 4.69) is 0 Å². The van der Waals surface area contributed by atoms with Crippen LogP contribution in [0, 0.1) is 0 Å². The average Bonchev–Trinajstić information content (AvgIpc) is 2.16. The lowest BCUT2D eigenvalue weighted by Gasteiger charge is -2.22. The summed E-state index contributed by atoms with van der Waals surface area (Å²) in [6, 6.07) is 7.43. The molecule has 68 valence electrons. The highest BCUT2D eigenvalue weighted by molar-refractivity contribution is 5.76. The van der Waals surface area contributed by atoms with Crippen molar-refractivity contribution in [2.75, 3.05) is 7.11 Å². The quantitative estimate of drug-likeness (QED) is 0.485. The molecule has 0 aromatic heterocycles. The Balaban J connectivity index is 2.42. The molecule has 0 amide bonds. The Morgan fingerprint density at radius 2 is 2.23 bits per heavy atom. The van der Waals surface area contributed by atoms with E-state index >= 15 is 0 Å². The van der Waals surface area contributed by atoms with Crippen LogP contribution in [0.3, 0.4) is 0 Å². The van der Waals surface area contributed by atoms with Gasteiger partial charge >= 0.3 is 5.97 Å². The summed E-state index contributed by atoms with van der Waals surface area (Å²) in [5, 5.41) is 0. The summed E-state index contributed by atoms with van der Waals surface area (Å²) in [4.78, 5) is 11.1. The van der Waals surface area contributed by atoms with Crippen molar-refractivity contribution in [3.8, 4) is 5.75 Å². The van der Waals surface area contributed by atoms with E-state index in [1.54, 1.807) is 13.2 Å². The summed E-state index contributed by atoms with van der Waals surface area (Å²) in [5.41, 5.74) is 0.949. The van der Waals surface area contributed by atoms with Crippen molar-refractivity contribution >= 4 is 5.97 Å². The third-order valence-electron chi connectivity index (χ3n) is 2.13. The van der Waals surface area contributed by atoms with Gasteiger partial charge in [-0.05, 0) is 6.07 Å². The van der Waals surface area contributed by atoms with Crippen LogP contribution in [0.4, 0.5) is 0 Å². The zero-order chi connectivity index (χ0) is 9.26. The number of rotatable bonds is 1. The monoisotopic (exact) mass is 178 g/mol. The van der Waals surface area contributed by atoms with E-state index in [1.807, 2.05) is 18.2 Å². The van der Waals surface area contributed by atoms with E-state index in [9.17, 15) is 4.79 Å². The van der Waals surface area contributed by atoms with Gasteiger partial charge in [-0.1, -0.05) is 18.2 Å². The van der Waals surface area contributed by atoms with Gasteiger partial charge in [-0.2, -0.15) is 0 Å². The van der Waals surface area contributed by atoms with Gasteiger partial charge in [-0.25, -0.2) is 0 Å². The maximum Gasteiger partial charge on any atom is 0.314 e. The Bertz CT molecular complexity index is 333. The molecule has 1 aromatic rings. The second-order valence-corrected chi connectivity index (χ2v) is 2.94. The Labute approximate surface area is 76.3 Å². The second-order valence-electron chi connectivity index (χ2n) is 2.94. The van der Waals surface area contributed by atoms with Gasteiger partial charge in [0.1, 0.15) is 5.75 Å². The smallest absolute Gasteiger partial charge is 0.314 e. The average molecular weight is 178 g/mol. The normalized spacial score (nSPS) is 20.7. The molecule has 3 heteroatoms. The minimum absolute atomic E-state index is 0.155. The predicted molar refractivity (Wildman–Crippen MR) is 46.4 cm³/mol. The van der Waals surface area contributed by atoms with E-state index in [0.29, 0.717) is 12.2 Å². The van der Waals surface area contributed by atoms with Crippen molar-refractivity contribution in [1.29, 1.82) is 0 Å². The molecular weight excluding hydrogens is 168 g/mol. The molecule has 1 unspecified atom stereocenters. The van der Waals surface area contributed by atoms with Crippen LogP contribution in [0.5, 0.6) is 5.75 Å². The van der Waals surface area contributed by atoms with Crippen LogP contribution < -0.4 is 4.74 Å².